The van der Waals surface area contributed by atoms with Gasteiger partial charge in [-0.25, -0.2) is 0 Å². The molecular formula is C17H24N2. The first-order chi connectivity index (χ1) is 9.33. The van der Waals surface area contributed by atoms with Crippen molar-refractivity contribution in [1.29, 1.82) is 0 Å². The molecule has 2 nitrogen and oxygen atoms in total. The number of hydrogen-bond donors (Lipinski definition) is 1. The molecule has 0 radical (unpaired) electrons. The maximum atomic E-state index is 3.56. The molecule has 1 atom stereocenters. The van der Waals surface area contributed by atoms with Gasteiger partial charge >= 0.3 is 0 Å². The fourth-order valence-electron chi connectivity index (χ4n) is 2.48. The molecule has 2 heteroatoms. The minimum absolute atomic E-state index is 0.493. The third-order valence-corrected chi connectivity index (χ3v) is 3.41. The second-order valence-electron chi connectivity index (χ2n) is 5.00. The highest BCUT2D eigenvalue weighted by molar-refractivity contribution is 5.19. The van der Waals surface area contributed by atoms with Gasteiger partial charge in [0.25, 0.3) is 0 Å². The lowest BCUT2D eigenvalue weighted by atomic mass is 10.1. The standard InChI is InChI=1S/C17H24N2/c1-3-8-17(18-4-2)16-11-12-19(14-16)13-15-9-6-5-7-10-15/h5-7,9-12,14,17-18H,3-4,8,13H2,1-2H3. The molecule has 1 aromatic heterocycles. The van der Waals surface area contributed by atoms with Crippen molar-refractivity contribution in [2.45, 2.75) is 39.3 Å². The summed E-state index contributed by atoms with van der Waals surface area (Å²) < 4.78 is 2.27. The summed E-state index contributed by atoms with van der Waals surface area (Å²) in [6.07, 6.45) is 6.86. The van der Waals surface area contributed by atoms with Crippen LogP contribution in [0.1, 0.15) is 43.9 Å². The van der Waals surface area contributed by atoms with Gasteiger partial charge in [-0.2, -0.15) is 0 Å². The lowest BCUT2D eigenvalue weighted by Gasteiger charge is -2.15. The van der Waals surface area contributed by atoms with Gasteiger partial charge in [0.2, 0.25) is 0 Å². The fourth-order valence-corrected chi connectivity index (χ4v) is 2.48. The van der Waals surface area contributed by atoms with Gasteiger partial charge < -0.3 is 9.88 Å². The average Bonchev–Trinajstić information content (AvgIpc) is 2.88. The molecule has 1 N–H and O–H groups in total. The van der Waals surface area contributed by atoms with Crippen molar-refractivity contribution in [2.75, 3.05) is 6.54 Å². The summed E-state index contributed by atoms with van der Waals surface area (Å²) in [6, 6.07) is 13.3. The van der Waals surface area contributed by atoms with Crippen LogP contribution in [0, 0.1) is 0 Å². The van der Waals surface area contributed by atoms with Gasteiger partial charge in [0.1, 0.15) is 0 Å². The van der Waals surface area contributed by atoms with Gasteiger partial charge in [0, 0.05) is 25.0 Å². The Morgan fingerprint density at radius 1 is 1.11 bits per heavy atom. The Morgan fingerprint density at radius 3 is 2.58 bits per heavy atom. The molecule has 0 fully saturated rings. The number of benzene rings is 1. The van der Waals surface area contributed by atoms with Crippen LogP contribution in [-0.2, 0) is 6.54 Å². The van der Waals surface area contributed by atoms with Crippen LogP contribution in [0.4, 0.5) is 0 Å². The minimum atomic E-state index is 0.493. The second kappa shape index (κ2) is 7.15. The summed E-state index contributed by atoms with van der Waals surface area (Å²) in [5, 5.41) is 3.56. The van der Waals surface area contributed by atoms with Crippen LogP contribution < -0.4 is 5.32 Å². The molecule has 0 spiro atoms. The molecule has 0 aliphatic carbocycles. The zero-order valence-corrected chi connectivity index (χ0v) is 12.0. The zero-order valence-electron chi connectivity index (χ0n) is 12.0. The van der Waals surface area contributed by atoms with Crippen LogP contribution >= 0.6 is 0 Å². The van der Waals surface area contributed by atoms with E-state index in [1.165, 1.54) is 24.0 Å². The number of nitrogens with one attached hydrogen (secondary N) is 1. The first-order valence-corrected chi connectivity index (χ1v) is 7.26. The lowest BCUT2D eigenvalue weighted by molar-refractivity contribution is 0.508. The van der Waals surface area contributed by atoms with E-state index in [0.29, 0.717) is 6.04 Å². The molecule has 19 heavy (non-hydrogen) atoms. The first-order valence-electron chi connectivity index (χ1n) is 7.26. The van der Waals surface area contributed by atoms with Crippen molar-refractivity contribution < 1.29 is 0 Å². The minimum Gasteiger partial charge on any atom is -0.350 e. The van der Waals surface area contributed by atoms with Crippen molar-refractivity contribution in [3.63, 3.8) is 0 Å². The molecule has 1 unspecified atom stereocenters. The molecule has 0 bridgehead atoms. The van der Waals surface area contributed by atoms with Crippen LogP contribution in [0.25, 0.3) is 0 Å². The van der Waals surface area contributed by atoms with E-state index in [-0.39, 0.29) is 0 Å². The normalized spacial score (nSPS) is 12.5. The third-order valence-electron chi connectivity index (χ3n) is 3.41. The van der Waals surface area contributed by atoms with Crippen molar-refractivity contribution in [3.05, 3.63) is 59.9 Å². The second-order valence-corrected chi connectivity index (χ2v) is 5.00. The monoisotopic (exact) mass is 256 g/mol. The molecule has 102 valence electrons. The van der Waals surface area contributed by atoms with Crippen LogP contribution in [-0.4, -0.2) is 11.1 Å². The van der Waals surface area contributed by atoms with E-state index in [2.05, 4.69) is 72.5 Å². The molecule has 0 aliphatic heterocycles. The van der Waals surface area contributed by atoms with E-state index < -0.39 is 0 Å². The number of hydrogen-bond acceptors (Lipinski definition) is 1. The molecule has 0 saturated heterocycles. The van der Waals surface area contributed by atoms with Crippen molar-refractivity contribution >= 4 is 0 Å². The number of rotatable bonds is 7. The van der Waals surface area contributed by atoms with Gasteiger partial charge in [-0.3, -0.25) is 0 Å². The summed E-state index contributed by atoms with van der Waals surface area (Å²) in [5.74, 6) is 0. The maximum absolute atomic E-state index is 3.56. The Bertz CT molecular complexity index is 467. The van der Waals surface area contributed by atoms with Crippen LogP contribution in [0.3, 0.4) is 0 Å². The zero-order chi connectivity index (χ0) is 13.5. The smallest absolute Gasteiger partial charge is 0.0470 e. The highest BCUT2D eigenvalue weighted by Gasteiger charge is 2.10. The molecule has 2 rings (SSSR count). The van der Waals surface area contributed by atoms with E-state index in [1.807, 2.05) is 0 Å². The highest BCUT2D eigenvalue weighted by Crippen LogP contribution is 2.19. The van der Waals surface area contributed by atoms with E-state index in [9.17, 15) is 0 Å². The van der Waals surface area contributed by atoms with Gasteiger partial charge in [0.15, 0.2) is 0 Å². The summed E-state index contributed by atoms with van der Waals surface area (Å²) in [5.41, 5.74) is 2.75. The Morgan fingerprint density at radius 2 is 1.89 bits per heavy atom. The van der Waals surface area contributed by atoms with Gasteiger partial charge in [-0.15, -0.1) is 0 Å². The van der Waals surface area contributed by atoms with Crippen LogP contribution in [0.2, 0.25) is 0 Å². The summed E-state index contributed by atoms with van der Waals surface area (Å²) in [7, 11) is 0. The van der Waals surface area contributed by atoms with Gasteiger partial charge in [-0.1, -0.05) is 50.6 Å². The predicted octanol–water partition coefficient (Wildman–Crippen LogP) is 3.99. The Balaban J connectivity index is 2.05. The van der Waals surface area contributed by atoms with Gasteiger partial charge in [0.05, 0.1) is 0 Å². The Kier molecular flexibility index (Phi) is 5.22. The molecule has 0 aliphatic rings. The lowest BCUT2D eigenvalue weighted by Crippen LogP contribution is -2.20. The SMILES string of the molecule is CCCC(NCC)c1ccn(Cc2ccccc2)c1. The van der Waals surface area contributed by atoms with E-state index in [1.54, 1.807) is 0 Å². The topological polar surface area (TPSA) is 17.0 Å². The molecular weight excluding hydrogens is 232 g/mol. The molecule has 0 amide bonds. The number of aromatic nitrogens is 1. The van der Waals surface area contributed by atoms with Crippen LogP contribution in [0.5, 0.6) is 0 Å². The first kappa shape index (κ1) is 13.9. The molecule has 1 aromatic carbocycles. The quantitative estimate of drug-likeness (QED) is 0.792. The average molecular weight is 256 g/mol. The van der Waals surface area contributed by atoms with Crippen molar-refractivity contribution in [2.24, 2.45) is 0 Å². The highest BCUT2D eigenvalue weighted by atomic mass is 15.0. The van der Waals surface area contributed by atoms with Crippen LogP contribution in [0.15, 0.2) is 48.8 Å². The predicted molar refractivity (Wildman–Crippen MR) is 81.3 cm³/mol. The van der Waals surface area contributed by atoms with E-state index in [4.69, 9.17) is 0 Å². The van der Waals surface area contributed by atoms with E-state index >= 15 is 0 Å². The Labute approximate surface area is 116 Å². The maximum Gasteiger partial charge on any atom is 0.0470 e. The number of nitrogens with zero attached hydrogens (tertiary/aromatic N) is 1. The van der Waals surface area contributed by atoms with Crippen molar-refractivity contribution in [3.8, 4) is 0 Å². The summed E-state index contributed by atoms with van der Waals surface area (Å²) in [4.78, 5) is 0. The summed E-state index contributed by atoms with van der Waals surface area (Å²) >= 11 is 0. The fraction of sp³-hybridized carbons (Fsp3) is 0.412. The van der Waals surface area contributed by atoms with Crippen molar-refractivity contribution in [1.82, 2.24) is 9.88 Å². The molecule has 1 heterocycles. The third kappa shape index (κ3) is 3.97. The largest absolute Gasteiger partial charge is 0.350 e. The Hall–Kier alpha value is -1.54. The van der Waals surface area contributed by atoms with Gasteiger partial charge in [-0.05, 0) is 30.2 Å². The summed E-state index contributed by atoms with van der Waals surface area (Å²) in [6.45, 7) is 6.38. The van der Waals surface area contributed by atoms with E-state index in [0.717, 1.165) is 13.1 Å². The molecule has 2 aromatic rings. The molecule has 0 saturated carbocycles.